The maximum atomic E-state index is 12.1. The molecule has 1 N–H and O–H groups in total. The minimum atomic E-state index is -0.229. The van der Waals surface area contributed by atoms with Crippen LogP contribution < -0.4 is 0 Å². The lowest BCUT2D eigenvalue weighted by molar-refractivity contribution is 0.102. The van der Waals surface area contributed by atoms with E-state index in [9.17, 15) is 9.59 Å². The first-order valence-corrected chi connectivity index (χ1v) is 5.10. The maximum absolute atomic E-state index is 12.1. The SMILES string of the molecule is O=Cc1ccccc1C(=O)c1ccc(O)cc1. The molecule has 84 valence electrons. The molecule has 0 radical (unpaired) electrons. The van der Waals surface area contributed by atoms with Crippen LogP contribution in [0, 0.1) is 0 Å². The molecule has 0 amide bonds. The molecule has 2 rings (SSSR count). The predicted molar refractivity (Wildman–Crippen MR) is 63.4 cm³/mol. The van der Waals surface area contributed by atoms with E-state index in [1.165, 1.54) is 24.3 Å². The number of aromatic hydroxyl groups is 1. The normalized spacial score (nSPS) is 9.88. The van der Waals surface area contributed by atoms with Crippen LogP contribution in [0.15, 0.2) is 48.5 Å². The van der Waals surface area contributed by atoms with Gasteiger partial charge in [0.05, 0.1) is 0 Å². The van der Waals surface area contributed by atoms with Crippen LogP contribution in [-0.4, -0.2) is 17.2 Å². The lowest BCUT2D eigenvalue weighted by atomic mass is 9.99. The van der Waals surface area contributed by atoms with Crippen molar-refractivity contribution in [3.05, 3.63) is 65.2 Å². The zero-order valence-electron chi connectivity index (χ0n) is 8.96. The van der Waals surface area contributed by atoms with Crippen molar-refractivity contribution in [3.8, 4) is 5.75 Å². The van der Waals surface area contributed by atoms with Gasteiger partial charge in [0.15, 0.2) is 12.1 Å². The van der Waals surface area contributed by atoms with E-state index in [-0.39, 0.29) is 11.5 Å². The third-order valence-electron chi connectivity index (χ3n) is 2.46. The van der Waals surface area contributed by atoms with Crippen LogP contribution in [0.5, 0.6) is 5.75 Å². The Morgan fingerprint density at radius 3 is 2.29 bits per heavy atom. The molecule has 0 aliphatic rings. The van der Waals surface area contributed by atoms with Crippen LogP contribution in [0.3, 0.4) is 0 Å². The van der Waals surface area contributed by atoms with Gasteiger partial charge in [0.2, 0.25) is 0 Å². The molecule has 3 nitrogen and oxygen atoms in total. The van der Waals surface area contributed by atoms with Crippen LogP contribution in [0.4, 0.5) is 0 Å². The highest BCUT2D eigenvalue weighted by atomic mass is 16.3. The van der Waals surface area contributed by atoms with Gasteiger partial charge in [-0.3, -0.25) is 9.59 Å². The average Bonchev–Trinajstić information content (AvgIpc) is 2.39. The van der Waals surface area contributed by atoms with E-state index in [2.05, 4.69) is 0 Å². The van der Waals surface area contributed by atoms with Crippen molar-refractivity contribution in [2.24, 2.45) is 0 Å². The maximum Gasteiger partial charge on any atom is 0.193 e. The van der Waals surface area contributed by atoms with Crippen molar-refractivity contribution in [3.63, 3.8) is 0 Å². The van der Waals surface area contributed by atoms with Crippen molar-refractivity contribution in [1.29, 1.82) is 0 Å². The Labute approximate surface area is 98.3 Å². The number of hydrogen-bond acceptors (Lipinski definition) is 3. The van der Waals surface area contributed by atoms with E-state index in [0.717, 1.165) is 0 Å². The van der Waals surface area contributed by atoms with Crippen molar-refractivity contribution in [2.75, 3.05) is 0 Å². The van der Waals surface area contributed by atoms with Gasteiger partial charge in [-0.2, -0.15) is 0 Å². The number of phenolic OH excluding ortho intramolecular Hbond substituents is 1. The Morgan fingerprint density at radius 1 is 1.00 bits per heavy atom. The molecule has 0 unspecified atom stereocenters. The van der Waals surface area contributed by atoms with E-state index < -0.39 is 0 Å². The van der Waals surface area contributed by atoms with Gasteiger partial charge in [-0.05, 0) is 24.3 Å². The summed E-state index contributed by atoms with van der Waals surface area (Å²) in [7, 11) is 0. The Morgan fingerprint density at radius 2 is 1.65 bits per heavy atom. The van der Waals surface area contributed by atoms with Crippen LogP contribution in [-0.2, 0) is 0 Å². The van der Waals surface area contributed by atoms with E-state index in [1.54, 1.807) is 24.3 Å². The smallest absolute Gasteiger partial charge is 0.193 e. The molecular formula is C14H10O3. The summed E-state index contributed by atoms with van der Waals surface area (Å²) >= 11 is 0. The zero-order valence-corrected chi connectivity index (χ0v) is 8.96. The first kappa shape index (κ1) is 11.1. The van der Waals surface area contributed by atoms with Crippen molar-refractivity contribution >= 4 is 12.1 Å². The fourth-order valence-electron chi connectivity index (χ4n) is 1.57. The molecule has 0 saturated heterocycles. The third kappa shape index (κ3) is 2.23. The highest BCUT2D eigenvalue weighted by Crippen LogP contribution is 2.16. The summed E-state index contributed by atoms with van der Waals surface area (Å²) in [6.07, 6.45) is 0.660. The molecule has 3 heteroatoms. The van der Waals surface area contributed by atoms with Gasteiger partial charge in [-0.1, -0.05) is 24.3 Å². The van der Waals surface area contributed by atoms with Crippen molar-refractivity contribution in [1.82, 2.24) is 0 Å². The number of carbonyl (C=O) groups excluding carboxylic acids is 2. The fraction of sp³-hybridized carbons (Fsp3) is 0. The number of rotatable bonds is 3. The van der Waals surface area contributed by atoms with Crippen LogP contribution >= 0.6 is 0 Å². The number of phenols is 1. The lowest BCUT2D eigenvalue weighted by Crippen LogP contribution is -2.04. The molecule has 0 aromatic heterocycles. The molecule has 2 aromatic rings. The molecule has 0 fully saturated rings. The van der Waals surface area contributed by atoms with Crippen molar-refractivity contribution < 1.29 is 14.7 Å². The van der Waals surface area contributed by atoms with E-state index in [0.29, 0.717) is 23.0 Å². The van der Waals surface area contributed by atoms with E-state index >= 15 is 0 Å². The summed E-state index contributed by atoms with van der Waals surface area (Å²) in [5.74, 6) is -0.127. The van der Waals surface area contributed by atoms with Gasteiger partial charge < -0.3 is 5.11 Å². The Balaban J connectivity index is 2.43. The van der Waals surface area contributed by atoms with Gasteiger partial charge in [-0.15, -0.1) is 0 Å². The summed E-state index contributed by atoms with van der Waals surface area (Å²) in [5.41, 5.74) is 1.18. The minimum absolute atomic E-state index is 0.102. The molecule has 0 spiro atoms. The highest BCUT2D eigenvalue weighted by Gasteiger charge is 2.12. The molecule has 0 bridgehead atoms. The standard InChI is InChI=1S/C14H10O3/c15-9-11-3-1-2-4-13(11)14(17)10-5-7-12(16)8-6-10/h1-9,16H. The van der Waals surface area contributed by atoms with Gasteiger partial charge in [-0.25, -0.2) is 0 Å². The number of hydrogen-bond donors (Lipinski definition) is 1. The van der Waals surface area contributed by atoms with Gasteiger partial charge >= 0.3 is 0 Å². The Kier molecular flexibility index (Phi) is 3.01. The van der Waals surface area contributed by atoms with Gasteiger partial charge in [0, 0.05) is 16.7 Å². The number of aldehydes is 1. The van der Waals surface area contributed by atoms with Crippen LogP contribution in [0.2, 0.25) is 0 Å². The first-order valence-electron chi connectivity index (χ1n) is 5.10. The number of ketones is 1. The Hall–Kier alpha value is -2.42. The van der Waals surface area contributed by atoms with Crippen LogP contribution in [0.25, 0.3) is 0 Å². The van der Waals surface area contributed by atoms with Crippen molar-refractivity contribution in [2.45, 2.75) is 0 Å². The lowest BCUT2D eigenvalue weighted by Gasteiger charge is -2.03. The minimum Gasteiger partial charge on any atom is -0.508 e. The third-order valence-corrected chi connectivity index (χ3v) is 2.46. The van der Waals surface area contributed by atoms with Gasteiger partial charge in [0.25, 0.3) is 0 Å². The van der Waals surface area contributed by atoms with Gasteiger partial charge in [0.1, 0.15) is 5.75 Å². The first-order chi connectivity index (χ1) is 8.22. The molecule has 17 heavy (non-hydrogen) atoms. The largest absolute Gasteiger partial charge is 0.508 e. The van der Waals surface area contributed by atoms with E-state index in [4.69, 9.17) is 5.11 Å². The summed E-state index contributed by atoms with van der Waals surface area (Å²) in [6.45, 7) is 0. The van der Waals surface area contributed by atoms with E-state index in [1.807, 2.05) is 0 Å². The fourth-order valence-corrected chi connectivity index (χ4v) is 1.57. The second kappa shape index (κ2) is 4.61. The topological polar surface area (TPSA) is 54.4 Å². The highest BCUT2D eigenvalue weighted by molar-refractivity contribution is 6.12. The monoisotopic (exact) mass is 226 g/mol. The molecule has 0 saturated carbocycles. The molecule has 0 atom stereocenters. The molecule has 0 aliphatic carbocycles. The predicted octanol–water partition coefficient (Wildman–Crippen LogP) is 2.44. The summed E-state index contributed by atoms with van der Waals surface area (Å²) in [6, 6.07) is 12.6. The quantitative estimate of drug-likeness (QED) is 0.646. The average molecular weight is 226 g/mol. The number of benzene rings is 2. The summed E-state index contributed by atoms with van der Waals surface area (Å²) in [4.78, 5) is 22.9. The second-order valence-electron chi connectivity index (χ2n) is 3.58. The molecule has 0 aliphatic heterocycles. The second-order valence-corrected chi connectivity index (χ2v) is 3.58. The Bertz CT molecular complexity index is 556. The molecular weight excluding hydrogens is 216 g/mol. The molecule has 0 heterocycles. The zero-order chi connectivity index (χ0) is 12.3. The molecule has 2 aromatic carbocycles. The summed E-state index contributed by atoms with van der Waals surface area (Å²) in [5, 5.41) is 9.14. The van der Waals surface area contributed by atoms with Crippen LogP contribution in [0.1, 0.15) is 26.3 Å². The number of carbonyl (C=O) groups is 2. The summed E-state index contributed by atoms with van der Waals surface area (Å²) < 4.78 is 0.